The standard InChI is InChI=1S/C11H9ClFN3OS.ClH/c12-7-1-2-9(8(13)5-7)15-10(17)6-16-3-4-18-11(16)14;/h1-5,14H,6H2,(H,15,17);1H. The summed E-state index contributed by atoms with van der Waals surface area (Å²) in [6.07, 6.45) is 1.63. The number of rotatable bonds is 3. The van der Waals surface area contributed by atoms with Gasteiger partial charge in [-0.05, 0) is 18.2 Å². The van der Waals surface area contributed by atoms with Crippen molar-refractivity contribution in [3.05, 3.63) is 45.4 Å². The molecule has 8 heteroatoms. The normalized spacial score (nSPS) is 9.79. The molecule has 102 valence electrons. The second-order valence-electron chi connectivity index (χ2n) is 3.51. The lowest BCUT2D eigenvalue weighted by atomic mass is 10.3. The molecular weight excluding hydrogens is 312 g/mol. The van der Waals surface area contributed by atoms with E-state index in [2.05, 4.69) is 5.32 Å². The lowest BCUT2D eigenvalue weighted by molar-refractivity contribution is -0.116. The third-order valence-electron chi connectivity index (χ3n) is 2.20. The van der Waals surface area contributed by atoms with Gasteiger partial charge in [-0.1, -0.05) is 11.6 Å². The van der Waals surface area contributed by atoms with E-state index in [1.165, 1.54) is 28.0 Å². The van der Waals surface area contributed by atoms with Crippen molar-refractivity contribution in [3.63, 3.8) is 0 Å². The van der Waals surface area contributed by atoms with Crippen molar-refractivity contribution in [1.29, 1.82) is 5.41 Å². The van der Waals surface area contributed by atoms with Gasteiger partial charge in [-0.3, -0.25) is 10.2 Å². The van der Waals surface area contributed by atoms with E-state index in [4.69, 9.17) is 17.0 Å². The molecule has 1 amide bonds. The Labute approximate surface area is 123 Å². The van der Waals surface area contributed by atoms with Gasteiger partial charge in [0.15, 0.2) is 4.80 Å². The van der Waals surface area contributed by atoms with Crippen LogP contribution in [0.3, 0.4) is 0 Å². The molecule has 0 bridgehead atoms. The van der Waals surface area contributed by atoms with E-state index in [0.717, 1.165) is 6.07 Å². The number of benzene rings is 1. The summed E-state index contributed by atoms with van der Waals surface area (Å²) in [6.45, 7) is -0.0234. The molecule has 0 aliphatic rings. The van der Waals surface area contributed by atoms with E-state index >= 15 is 0 Å². The van der Waals surface area contributed by atoms with Crippen LogP contribution in [0.2, 0.25) is 5.02 Å². The van der Waals surface area contributed by atoms with Crippen LogP contribution in [-0.4, -0.2) is 10.5 Å². The highest BCUT2D eigenvalue weighted by Gasteiger charge is 2.08. The van der Waals surface area contributed by atoms with Crippen molar-refractivity contribution in [1.82, 2.24) is 4.57 Å². The third-order valence-corrected chi connectivity index (χ3v) is 3.15. The number of amides is 1. The molecule has 0 aliphatic heterocycles. The van der Waals surface area contributed by atoms with Crippen LogP contribution < -0.4 is 10.1 Å². The summed E-state index contributed by atoms with van der Waals surface area (Å²) >= 11 is 6.83. The number of carbonyl (C=O) groups is 1. The molecule has 2 rings (SSSR count). The highest BCUT2D eigenvalue weighted by Crippen LogP contribution is 2.18. The third kappa shape index (κ3) is 4.05. The first-order chi connectivity index (χ1) is 8.56. The predicted molar refractivity (Wildman–Crippen MR) is 75.5 cm³/mol. The number of nitrogens with one attached hydrogen (secondary N) is 2. The van der Waals surface area contributed by atoms with Gasteiger partial charge in [-0.25, -0.2) is 4.39 Å². The topological polar surface area (TPSA) is 57.9 Å². The zero-order valence-electron chi connectivity index (χ0n) is 9.52. The van der Waals surface area contributed by atoms with Gasteiger partial charge < -0.3 is 9.88 Å². The van der Waals surface area contributed by atoms with Crippen molar-refractivity contribution in [2.45, 2.75) is 6.54 Å². The summed E-state index contributed by atoms with van der Waals surface area (Å²) in [5, 5.41) is 11.9. The number of aromatic nitrogens is 1. The zero-order chi connectivity index (χ0) is 13.1. The predicted octanol–water partition coefficient (Wildman–Crippen LogP) is 2.88. The van der Waals surface area contributed by atoms with Gasteiger partial charge in [0.25, 0.3) is 0 Å². The van der Waals surface area contributed by atoms with E-state index in [1.54, 1.807) is 11.6 Å². The Balaban J connectivity index is 0.00000180. The molecule has 0 unspecified atom stereocenters. The maximum Gasteiger partial charge on any atom is 0.244 e. The fourth-order valence-corrected chi connectivity index (χ4v) is 2.12. The van der Waals surface area contributed by atoms with Crippen LogP contribution in [0.4, 0.5) is 10.1 Å². The summed E-state index contributed by atoms with van der Waals surface area (Å²) < 4.78 is 14.9. The molecule has 4 nitrogen and oxygen atoms in total. The van der Waals surface area contributed by atoms with Gasteiger partial charge in [0, 0.05) is 16.6 Å². The summed E-state index contributed by atoms with van der Waals surface area (Å²) in [5.41, 5.74) is 0.0757. The largest absolute Gasteiger partial charge is 0.322 e. The van der Waals surface area contributed by atoms with E-state index < -0.39 is 11.7 Å². The Hall–Kier alpha value is -1.37. The highest BCUT2D eigenvalue weighted by molar-refractivity contribution is 7.06. The molecule has 2 N–H and O–H groups in total. The number of anilines is 1. The molecule has 1 aromatic heterocycles. The van der Waals surface area contributed by atoms with Crippen LogP contribution in [0.1, 0.15) is 0 Å². The van der Waals surface area contributed by atoms with Gasteiger partial charge in [0.05, 0.1) is 5.69 Å². The van der Waals surface area contributed by atoms with E-state index in [1.807, 2.05) is 0 Å². The van der Waals surface area contributed by atoms with E-state index in [0.29, 0.717) is 0 Å². The smallest absolute Gasteiger partial charge is 0.244 e. The van der Waals surface area contributed by atoms with Crippen LogP contribution >= 0.6 is 35.3 Å². The molecule has 0 radical (unpaired) electrons. The Bertz CT molecular complexity index is 641. The molecular formula is C11H10Cl2FN3OS. The van der Waals surface area contributed by atoms with E-state index in [-0.39, 0.29) is 34.5 Å². The number of thiazole rings is 1. The number of hydrogen-bond acceptors (Lipinski definition) is 3. The summed E-state index contributed by atoms with van der Waals surface area (Å²) in [5.74, 6) is -0.981. The summed E-state index contributed by atoms with van der Waals surface area (Å²) in [4.78, 5) is 11.9. The molecule has 2 aromatic rings. The van der Waals surface area contributed by atoms with Crippen LogP contribution in [0.25, 0.3) is 0 Å². The van der Waals surface area contributed by atoms with Crippen molar-refractivity contribution >= 4 is 46.9 Å². The van der Waals surface area contributed by atoms with Crippen molar-refractivity contribution in [2.75, 3.05) is 5.32 Å². The van der Waals surface area contributed by atoms with Gasteiger partial charge in [0.2, 0.25) is 5.91 Å². The summed E-state index contributed by atoms with van der Waals surface area (Å²) in [7, 11) is 0. The Morgan fingerprint density at radius 3 is 2.84 bits per heavy atom. The fraction of sp³-hybridized carbons (Fsp3) is 0.0909. The average molecular weight is 322 g/mol. The number of hydrogen-bond donors (Lipinski definition) is 2. The first-order valence-corrected chi connectivity index (χ1v) is 6.25. The molecule has 19 heavy (non-hydrogen) atoms. The highest BCUT2D eigenvalue weighted by atomic mass is 35.5. The van der Waals surface area contributed by atoms with Gasteiger partial charge in [0.1, 0.15) is 12.4 Å². The number of nitrogens with zero attached hydrogens (tertiary/aromatic N) is 1. The Morgan fingerprint density at radius 2 is 2.26 bits per heavy atom. The van der Waals surface area contributed by atoms with Crippen LogP contribution in [-0.2, 0) is 11.3 Å². The van der Waals surface area contributed by atoms with Crippen molar-refractivity contribution in [2.24, 2.45) is 0 Å². The molecule has 1 aromatic carbocycles. The molecule has 0 saturated carbocycles. The minimum atomic E-state index is -0.586. The molecule has 0 aliphatic carbocycles. The first-order valence-electron chi connectivity index (χ1n) is 4.99. The molecule has 0 atom stereocenters. The average Bonchev–Trinajstić information content (AvgIpc) is 2.69. The van der Waals surface area contributed by atoms with E-state index in [9.17, 15) is 9.18 Å². The Morgan fingerprint density at radius 1 is 1.53 bits per heavy atom. The lowest BCUT2D eigenvalue weighted by Crippen LogP contribution is -2.24. The number of halogens is 3. The minimum absolute atomic E-state index is 0. The second-order valence-corrected chi connectivity index (χ2v) is 4.84. The lowest BCUT2D eigenvalue weighted by Gasteiger charge is -2.07. The summed E-state index contributed by atoms with van der Waals surface area (Å²) in [6, 6.07) is 4.02. The van der Waals surface area contributed by atoms with Gasteiger partial charge in [-0.15, -0.1) is 23.7 Å². The maximum absolute atomic E-state index is 13.4. The van der Waals surface area contributed by atoms with Gasteiger partial charge in [-0.2, -0.15) is 0 Å². The molecule has 0 spiro atoms. The second kappa shape index (κ2) is 6.70. The SMILES string of the molecule is Cl.N=c1sccn1CC(=O)Nc1ccc(Cl)cc1F. The maximum atomic E-state index is 13.4. The number of carbonyl (C=O) groups excluding carboxylic acids is 1. The van der Waals surface area contributed by atoms with Gasteiger partial charge >= 0.3 is 0 Å². The van der Waals surface area contributed by atoms with Crippen LogP contribution in [0, 0.1) is 11.2 Å². The minimum Gasteiger partial charge on any atom is -0.322 e. The monoisotopic (exact) mass is 321 g/mol. The quantitative estimate of drug-likeness (QED) is 0.897. The fourth-order valence-electron chi connectivity index (χ4n) is 1.36. The van der Waals surface area contributed by atoms with Crippen LogP contribution in [0.15, 0.2) is 29.8 Å². The van der Waals surface area contributed by atoms with Crippen molar-refractivity contribution < 1.29 is 9.18 Å². The van der Waals surface area contributed by atoms with Crippen molar-refractivity contribution in [3.8, 4) is 0 Å². The molecule has 0 fully saturated rings. The first kappa shape index (κ1) is 15.7. The Kier molecular flexibility index (Phi) is 5.53. The van der Waals surface area contributed by atoms with Crippen LogP contribution in [0.5, 0.6) is 0 Å². The molecule has 0 saturated heterocycles. The zero-order valence-corrected chi connectivity index (χ0v) is 11.9. The molecule has 1 heterocycles.